The van der Waals surface area contributed by atoms with Gasteiger partial charge in [0.2, 0.25) is 0 Å². The smallest absolute Gasteiger partial charge is 0.462 e. The first-order valence-electron chi connectivity index (χ1n) is 18.8. The highest BCUT2D eigenvalue weighted by Gasteiger charge is 2.74. The van der Waals surface area contributed by atoms with Crippen molar-refractivity contribution in [3.8, 4) is 0 Å². The highest BCUT2D eigenvalue weighted by molar-refractivity contribution is 7.87. The van der Waals surface area contributed by atoms with E-state index >= 15 is 0 Å². The van der Waals surface area contributed by atoms with Crippen LogP contribution >= 0.6 is 0 Å². The summed E-state index contributed by atoms with van der Waals surface area (Å²) in [6.45, 7) is 3.65. The van der Waals surface area contributed by atoms with Crippen LogP contribution in [0.2, 0.25) is 0 Å². The molecule has 16 atom stereocenters. The molecular formula is C36H46F2O13S. The van der Waals surface area contributed by atoms with Gasteiger partial charge in [-0.1, -0.05) is 20.3 Å². The molecule has 52 heavy (non-hydrogen) atoms. The third-order valence-electron chi connectivity index (χ3n) is 15.2. The number of carbonyl (C=O) groups is 4. The zero-order valence-electron chi connectivity index (χ0n) is 29.2. The molecule has 0 aromatic rings. The predicted molar refractivity (Wildman–Crippen MR) is 169 cm³/mol. The van der Waals surface area contributed by atoms with Crippen molar-refractivity contribution in [1.29, 1.82) is 0 Å². The highest BCUT2D eigenvalue weighted by Crippen LogP contribution is 2.69. The number of Topliss-reactive ketones (excluding diaryl/α,β-unsaturated/α-hetero) is 2. The van der Waals surface area contributed by atoms with E-state index in [2.05, 4.69) is 0 Å². The molecule has 288 valence electrons. The average molecular weight is 757 g/mol. The van der Waals surface area contributed by atoms with Gasteiger partial charge in [0.05, 0.1) is 12.0 Å². The number of ketones is 2. The van der Waals surface area contributed by atoms with E-state index in [9.17, 15) is 41.5 Å². The molecule has 0 radical (unpaired) electrons. The molecule has 16 unspecified atom stereocenters. The van der Waals surface area contributed by atoms with Crippen molar-refractivity contribution in [2.75, 3.05) is 13.2 Å². The molecule has 1 saturated heterocycles. The Bertz CT molecular complexity index is 1710. The van der Waals surface area contributed by atoms with E-state index in [4.69, 9.17) is 28.2 Å². The quantitative estimate of drug-likeness (QED) is 0.178. The van der Waals surface area contributed by atoms with Gasteiger partial charge < -0.3 is 28.8 Å². The van der Waals surface area contributed by atoms with Crippen LogP contribution < -0.4 is 0 Å². The number of alkyl halides is 2. The Morgan fingerprint density at radius 3 is 2.33 bits per heavy atom. The summed E-state index contributed by atoms with van der Waals surface area (Å²) in [4.78, 5) is 51.2. The molecule has 2 N–H and O–H groups in total. The Morgan fingerprint density at radius 1 is 0.942 bits per heavy atom. The summed E-state index contributed by atoms with van der Waals surface area (Å²) < 4.78 is 90.6. The molecule has 11 fully saturated rings. The van der Waals surface area contributed by atoms with Crippen LogP contribution in [0.4, 0.5) is 8.78 Å². The molecule has 13 nitrogen and oxygen atoms in total. The lowest BCUT2D eigenvalue weighted by Gasteiger charge is -2.45. The van der Waals surface area contributed by atoms with Crippen molar-refractivity contribution in [3.05, 3.63) is 0 Å². The van der Waals surface area contributed by atoms with Gasteiger partial charge in [0.25, 0.3) is 0 Å². The molecule has 8 bridgehead atoms. The Labute approximate surface area is 299 Å². The standard InChI is InChI=1S/C36H46F2O13S/c1-3-16-6-32(2,11-22-26(16)28(22)40)29(41)47-14-24-25(15-48-30(42)33-7-17-4-19(8-33)27(39)21(17)12-33)50-35(49-24)20-5-18-9-34(10-20,13-23(18)35)51-31(43)36(37,38)52(44,45)46/h16-26,29,41H,3-15H2,1-2H3,(H,44,45,46). The second-order valence-corrected chi connectivity index (χ2v) is 19.6. The number of hydrogen-bond acceptors (Lipinski definition) is 12. The minimum Gasteiger partial charge on any atom is -0.462 e. The molecule has 1 spiro atoms. The van der Waals surface area contributed by atoms with Crippen LogP contribution in [0, 0.1) is 64.1 Å². The first-order chi connectivity index (χ1) is 24.3. The topological polar surface area (TPSA) is 189 Å². The maximum Gasteiger partial charge on any atom is 0.465 e. The minimum atomic E-state index is -6.04. The molecule has 0 aromatic carbocycles. The number of rotatable bonds is 11. The Kier molecular flexibility index (Phi) is 7.69. The number of ether oxygens (including phenoxy) is 5. The monoisotopic (exact) mass is 756 g/mol. The summed E-state index contributed by atoms with van der Waals surface area (Å²) in [7, 11) is -6.04. The van der Waals surface area contributed by atoms with E-state index in [1.165, 1.54) is 0 Å². The number of aliphatic hydroxyl groups excluding tert-OH is 1. The van der Waals surface area contributed by atoms with Crippen LogP contribution in [-0.4, -0.2) is 89.9 Å². The molecule has 11 aliphatic rings. The van der Waals surface area contributed by atoms with Crippen LogP contribution in [0.1, 0.15) is 84.5 Å². The number of aliphatic hydroxyl groups is 1. The lowest BCUT2D eigenvalue weighted by atomic mass is 9.69. The number of fused-ring (bicyclic) bond motifs is 1. The minimum absolute atomic E-state index is 0.0460. The van der Waals surface area contributed by atoms with E-state index in [-0.39, 0.29) is 91.4 Å². The molecule has 10 saturated carbocycles. The van der Waals surface area contributed by atoms with Gasteiger partial charge in [-0.25, -0.2) is 4.79 Å². The van der Waals surface area contributed by atoms with Crippen molar-refractivity contribution < 1.29 is 69.7 Å². The van der Waals surface area contributed by atoms with E-state index in [1.54, 1.807) is 0 Å². The molecule has 0 aromatic heterocycles. The maximum absolute atomic E-state index is 14.2. The highest BCUT2D eigenvalue weighted by atomic mass is 32.2. The fourth-order valence-corrected chi connectivity index (χ4v) is 13.2. The van der Waals surface area contributed by atoms with Gasteiger partial charge in [0.1, 0.15) is 36.0 Å². The van der Waals surface area contributed by atoms with Gasteiger partial charge >= 0.3 is 27.3 Å². The first-order valence-corrected chi connectivity index (χ1v) is 20.3. The van der Waals surface area contributed by atoms with Crippen molar-refractivity contribution in [1.82, 2.24) is 0 Å². The number of hydrogen-bond donors (Lipinski definition) is 2. The molecule has 1 heterocycles. The first kappa shape index (κ1) is 35.6. The Balaban J connectivity index is 0.921. The average Bonchev–Trinajstić information content (AvgIpc) is 3.35. The number of esters is 2. The third kappa shape index (κ3) is 4.95. The zero-order chi connectivity index (χ0) is 37.0. The lowest BCUT2D eigenvalue weighted by Crippen LogP contribution is -2.53. The van der Waals surface area contributed by atoms with Gasteiger partial charge in [0, 0.05) is 40.9 Å². The molecule has 0 amide bonds. The van der Waals surface area contributed by atoms with Crippen LogP contribution in [0.3, 0.4) is 0 Å². The molecular weight excluding hydrogens is 710 g/mol. The SMILES string of the molecule is CCC1CC(C)(C(O)OCC2OC3(OC2COC(=O)C24CC5CC(C2)C(C4)C5=O)C2CC4CC(OC(=O)C(F)(F)S(=O)(=O)O)(C2)CC43)CC2C(=O)C12. The molecule has 16 heteroatoms. The number of carbonyl (C=O) groups excluding carboxylic acids is 4. The second kappa shape index (κ2) is 11.2. The summed E-state index contributed by atoms with van der Waals surface area (Å²) in [6.07, 6.45) is 2.34. The van der Waals surface area contributed by atoms with Gasteiger partial charge in [-0.05, 0) is 82.0 Å². The summed E-state index contributed by atoms with van der Waals surface area (Å²) in [5.74, 6) is -4.40. The maximum atomic E-state index is 14.2. The van der Waals surface area contributed by atoms with Crippen LogP contribution in [-0.2, 0) is 53.0 Å². The van der Waals surface area contributed by atoms with E-state index in [1.807, 2.05) is 13.8 Å². The van der Waals surface area contributed by atoms with Crippen LogP contribution in [0.5, 0.6) is 0 Å². The lowest BCUT2D eigenvalue weighted by molar-refractivity contribution is -0.263. The van der Waals surface area contributed by atoms with Crippen LogP contribution in [0.25, 0.3) is 0 Å². The fraction of sp³-hybridized carbons (Fsp3) is 0.889. The zero-order valence-corrected chi connectivity index (χ0v) is 30.0. The van der Waals surface area contributed by atoms with Crippen molar-refractivity contribution in [2.45, 2.75) is 120 Å². The molecule has 11 rings (SSSR count). The van der Waals surface area contributed by atoms with Crippen LogP contribution in [0.15, 0.2) is 0 Å². The van der Waals surface area contributed by atoms with Crippen molar-refractivity contribution >= 4 is 33.6 Å². The van der Waals surface area contributed by atoms with Gasteiger partial charge in [-0.15, -0.1) is 0 Å². The summed E-state index contributed by atoms with van der Waals surface area (Å²) >= 11 is 0. The normalized spacial score (nSPS) is 49.9. The third-order valence-corrected chi connectivity index (χ3v) is 16.0. The second-order valence-electron chi connectivity index (χ2n) is 18.2. The van der Waals surface area contributed by atoms with E-state index in [0.29, 0.717) is 38.5 Å². The van der Waals surface area contributed by atoms with Gasteiger partial charge in [-0.2, -0.15) is 17.2 Å². The van der Waals surface area contributed by atoms with E-state index < -0.39 is 73.9 Å². The summed E-state index contributed by atoms with van der Waals surface area (Å²) in [5, 5.41) is 6.30. The van der Waals surface area contributed by atoms with E-state index in [0.717, 1.165) is 12.8 Å². The van der Waals surface area contributed by atoms with Gasteiger partial charge in [-0.3, -0.25) is 18.9 Å². The molecule has 1 aliphatic heterocycles. The summed E-state index contributed by atoms with van der Waals surface area (Å²) in [5.41, 5.74) is -2.77. The molecule has 10 aliphatic carbocycles. The largest absolute Gasteiger partial charge is 0.465 e. The summed E-state index contributed by atoms with van der Waals surface area (Å²) in [6, 6.07) is 0. The van der Waals surface area contributed by atoms with Crippen molar-refractivity contribution in [2.24, 2.45) is 64.1 Å². The Morgan fingerprint density at radius 2 is 1.67 bits per heavy atom. The Hall–Kier alpha value is -2.11. The number of halogens is 2. The predicted octanol–water partition coefficient (Wildman–Crippen LogP) is 3.20. The van der Waals surface area contributed by atoms with Crippen molar-refractivity contribution in [3.63, 3.8) is 0 Å². The van der Waals surface area contributed by atoms with Gasteiger partial charge in [0.15, 0.2) is 12.1 Å². The fourth-order valence-electron chi connectivity index (χ4n) is 12.9.